The number of halogens is 2. The van der Waals surface area contributed by atoms with Gasteiger partial charge in [0.1, 0.15) is 22.7 Å². The fraction of sp³-hybridized carbons (Fsp3) is 0.111. The Kier molecular flexibility index (Phi) is 4.31. The number of hydrogen-bond donors (Lipinski definition) is 0. The topological polar surface area (TPSA) is 26.3 Å². The molecule has 1 atom stereocenters. The molecule has 2 heterocycles. The molecule has 152 valence electrons. The van der Waals surface area contributed by atoms with Crippen LogP contribution in [0.25, 0.3) is 49.6 Å². The SMILES string of the molecule is CC1(Br)C=CC(c2cc3ccc4c(ccc5cc(-c6ccc(Br)cc6)oc54)c3o2)=CC1. The Morgan fingerprint density at radius 3 is 2.03 bits per heavy atom. The van der Waals surface area contributed by atoms with Crippen LogP contribution in [0.4, 0.5) is 0 Å². The first kappa shape index (κ1) is 19.1. The average molecular weight is 534 g/mol. The maximum absolute atomic E-state index is 6.36. The predicted molar refractivity (Wildman–Crippen MR) is 136 cm³/mol. The van der Waals surface area contributed by atoms with Crippen molar-refractivity contribution >= 4 is 70.1 Å². The number of alkyl halides is 1. The number of benzene rings is 3. The minimum Gasteiger partial charge on any atom is -0.455 e. The van der Waals surface area contributed by atoms with Crippen LogP contribution in [0.3, 0.4) is 0 Å². The Balaban J connectivity index is 1.49. The molecule has 31 heavy (non-hydrogen) atoms. The zero-order valence-electron chi connectivity index (χ0n) is 16.8. The van der Waals surface area contributed by atoms with Crippen LogP contribution >= 0.6 is 31.9 Å². The molecule has 3 aromatic carbocycles. The molecule has 0 bridgehead atoms. The van der Waals surface area contributed by atoms with E-state index in [4.69, 9.17) is 8.83 Å². The van der Waals surface area contributed by atoms with Gasteiger partial charge in [-0.25, -0.2) is 0 Å². The van der Waals surface area contributed by atoms with Gasteiger partial charge in [-0.05, 0) is 49.7 Å². The van der Waals surface area contributed by atoms with Gasteiger partial charge in [0.15, 0.2) is 0 Å². The lowest BCUT2D eigenvalue weighted by molar-refractivity contribution is 0.602. The quantitative estimate of drug-likeness (QED) is 0.211. The Morgan fingerprint density at radius 1 is 0.806 bits per heavy atom. The molecule has 0 saturated carbocycles. The van der Waals surface area contributed by atoms with Crippen molar-refractivity contribution in [3.05, 3.63) is 89.1 Å². The van der Waals surface area contributed by atoms with E-state index in [0.717, 1.165) is 66.3 Å². The lowest BCUT2D eigenvalue weighted by Gasteiger charge is -2.19. The summed E-state index contributed by atoms with van der Waals surface area (Å²) in [7, 11) is 0. The molecule has 0 amide bonds. The largest absolute Gasteiger partial charge is 0.455 e. The van der Waals surface area contributed by atoms with Gasteiger partial charge >= 0.3 is 0 Å². The molecule has 2 aromatic heterocycles. The zero-order chi connectivity index (χ0) is 21.2. The van der Waals surface area contributed by atoms with E-state index in [0.29, 0.717) is 0 Å². The van der Waals surface area contributed by atoms with Crippen LogP contribution in [0.15, 0.2) is 92.2 Å². The fourth-order valence-corrected chi connectivity index (χ4v) is 4.75. The van der Waals surface area contributed by atoms with E-state index < -0.39 is 0 Å². The normalized spacial score (nSPS) is 18.9. The smallest absolute Gasteiger partial charge is 0.142 e. The summed E-state index contributed by atoms with van der Waals surface area (Å²) in [5.74, 6) is 1.77. The van der Waals surface area contributed by atoms with E-state index in [1.807, 2.05) is 12.1 Å². The zero-order valence-corrected chi connectivity index (χ0v) is 20.0. The molecule has 5 aromatic rings. The molecule has 0 spiro atoms. The summed E-state index contributed by atoms with van der Waals surface area (Å²) in [5, 5.41) is 4.32. The summed E-state index contributed by atoms with van der Waals surface area (Å²) in [6.07, 6.45) is 7.48. The van der Waals surface area contributed by atoms with Crippen molar-refractivity contribution in [2.45, 2.75) is 17.7 Å². The van der Waals surface area contributed by atoms with E-state index >= 15 is 0 Å². The van der Waals surface area contributed by atoms with Crippen LogP contribution in [0.5, 0.6) is 0 Å². The van der Waals surface area contributed by atoms with E-state index in [9.17, 15) is 0 Å². The second-order valence-electron chi connectivity index (χ2n) is 8.27. The van der Waals surface area contributed by atoms with Gasteiger partial charge in [0, 0.05) is 41.5 Å². The molecular weight excluding hydrogens is 516 g/mol. The Hall–Kier alpha value is -2.56. The van der Waals surface area contributed by atoms with Crippen molar-refractivity contribution in [2.75, 3.05) is 0 Å². The van der Waals surface area contributed by atoms with Crippen LogP contribution < -0.4 is 0 Å². The summed E-state index contributed by atoms with van der Waals surface area (Å²) in [6.45, 7) is 2.17. The van der Waals surface area contributed by atoms with Crippen LogP contribution in [0, 0.1) is 0 Å². The van der Waals surface area contributed by atoms with Crippen molar-refractivity contribution in [3.8, 4) is 11.3 Å². The summed E-state index contributed by atoms with van der Waals surface area (Å²) in [4.78, 5) is 0. The predicted octanol–water partition coefficient (Wildman–Crippen LogP) is 9.26. The van der Waals surface area contributed by atoms with Crippen molar-refractivity contribution in [1.29, 1.82) is 0 Å². The van der Waals surface area contributed by atoms with Gasteiger partial charge in [-0.15, -0.1) is 0 Å². The number of furan rings is 2. The Bertz CT molecular complexity index is 1530. The second kappa shape index (κ2) is 6.98. The molecule has 4 heteroatoms. The monoisotopic (exact) mass is 532 g/mol. The molecule has 6 rings (SSSR count). The second-order valence-corrected chi connectivity index (χ2v) is 11.0. The van der Waals surface area contributed by atoms with Crippen molar-refractivity contribution in [3.63, 3.8) is 0 Å². The summed E-state index contributed by atoms with van der Waals surface area (Å²) in [6, 6.07) is 20.9. The molecular formula is C27H18Br2O2. The highest BCUT2D eigenvalue weighted by molar-refractivity contribution is 9.10. The first-order chi connectivity index (χ1) is 15.0. The lowest BCUT2D eigenvalue weighted by Crippen LogP contribution is -2.12. The maximum atomic E-state index is 6.36. The van der Waals surface area contributed by atoms with Gasteiger partial charge < -0.3 is 8.83 Å². The van der Waals surface area contributed by atoms with E-state index in [1.165, 1.54) is 0 Å². The third kappa shape index (κ3) is 3.29. The molecule has 1 unspecified atom stereocenters. The Morgan fingerprint density at radius 2 is 1.42 bits per heavy atom. The summed E-state index contributed by atoms with van der Waals surface area (Å²) in [5.41, 5.74) is 3.97. The van der Waals surface area contributed by atoms with Gasteiger partial charge in [-0.2, -0.15) is 0 Å². The summed E-state index contributed by atoms with van der Waals surface area (Å²) >= 11 is 7.22. The van der Waals surface area contributed by atoms with Gasteiger partial charge in [-0.1, -0.05) is 74.4 Å². The third-order valence-corrected chi connectivity index (χ3v) is 7.02. The van der Waals surface area contributed by atoms with Crippen molar-refractivity contribution in [2.24, 2.45) is 0 Å². The number of allylic oxidation sites excluding steroid dienone is 4. The number of rotatable bonds is 2. The highest BCUT2D eigenvalue weighted by Gasteiger charge is 2.20. The first-order valence-electron chi connectivity index (χ1n) is 10.2. The highest BCUT2D eigenvalue weighted by Crippen LogP contribution is 2.39. The van der Waals surface area contributed by atoms with E-state index in [-0.39, 0.29) is 4.32 Å². The molecule has 0 saturated heterocycles. The number of fused-ring (bicyclic) bond motifs is 5. The van der Waals surface area contributed by atoms with Gasteiger partial charge in [0.25, 0.3) is 0 Å². The molecule has 0 fully saturated rings. The molecule has 2 nitrogen and oxygen atoms in total. The minimum atomic E-state index is 0.0205. The van der Waals surface area contributed by atoms with E-state index in [1.54, 1.807) is 0 Å². The van der Waals surface area contributed by atoms with Gasteiger partial charge in [0.2, 0.25) is 0 Å². The molecule has 0 radical (unpaired) electrons. The van der Waals surface area contributed by atoms with Gasteiger partial charge in [-0.3, -0.25) is 0 Å². The Labute approximate surface area is 196 Å². The molecule has 1 aliphatic rings. The third-order valence-electron chi connectivity index (χ3n) is 5.90. The lowest BCUT2D eigenvalue weighted by atomic mass is 9.97. The minimum absolute atomic E-state index is 0.0205. The molecule has 0 N–H and O–H groups in total. The van der Waals surface area contributed by atoms with Crippen LogP contribution in [0.2, 0.25) is 0 Å². The molecule has 0 aliphatic heterocycles. The standard InChI is InChI=1S/C27H18Br2O2/c1-27(29)12-10-17(11-13-27)24-15-19-5-9-21-22(26(19)31-24)8-4-18-14-23(30-25(18)21)16-2-6-20(28)7-3-16/h2-12,14-15H,13H2,1H3. The highest BCUT2D eigenvalue weighted by atomic mass is 79.9. The van der Waals surface area contributed by atoms with E-state index in [2.05, 4.69) is 106 Å². The van der Waals surface area contributed by atoms with Crippen LogP contribution in [-0.2, 0) is 0 Å². The van der Waals surface area contributed by atoms with Gasteiger partial charge in [0.05, 0.1) is 0 Å². The van der Waals surface area contributed by atoms with Crippen molar-refractivity contribution in [1.82, 2.24) is 0 Å². The maximum Gasteiger partial charge on any atom is 0.142 e. The first-order valence-corrected chi connectivity index (χ1v) is 11.8. The number of hydrogen-bond acceptors (Lipinski definition) is 2. The molecule has 1 aliphatic carbocycles. The average Bonchev–Trinajstić information content (AvgIpc) is 3.38. The van der Waals surface area contributed by atoms with Crippen LogP contribution in [0.1, 0.15) is 19.1 Å². The summed E-state index contributed by atoms with van der Waals surface area (Å²) < 4.78 is 13.8. The fourth-order valence-electron chi connectivity index (χ4n) is 4.19. The van der Waals surface area contributed by atoms with Crippen LogP contribution in [-0.4, -0.2) is 4.32 Å². The van der Waals surface area contributed by atoms with Crippen molar-refractivity contribution < 1.29 is 8.83 Å².